The van der Waals surface area contributed by atoms with Gasteiger partial charge in [0.15, 0.2) is 17.4 Å². The van der Waals surface area contributed by atoms with Crippen LogP contribution >= 0.6 is 22.9 Å². The maximum absolute atomic E-state index is 17.0. The van der Waals surface area contributed by atoms with Crippen molar-refractivity contribution in [1.82, 2.24) is 65.6 Å². The number of urea groups is 1. The molecule has 0 spiro atoms. The van der Waals surface area contributed by atoms with Gasteiger partial charge in [0.2, 0.25) is 29.7 Å². The third-order valence-corrected chi connectivity index (χ3v) is 26.0. The quantitative estimate of drug-likeness (QED) is 0.00810. The molecule has 1 fully saturated rings. The smallest absolute Gasteiger partial charge is 0.410 e. The number of quaternary nitrogens is 1. The number of ether oxygens (including phenoxy) is 15. The van der Waals surface area contributed by atoms with Gasteiger partial charge in [0.25, 0.3) is 21.9 Å². The number of carboxylic acid groups (broad SMARTS) is 1. The summed E-state index contributed by atoms with van der Waals surface area (Å²) in [6, 6.07) is 25.0. The number of nitrogens with one attached hydrogen (secondary N) is 4. The van der Waals surface area contributed by atoms with Crippen LogP contribution in [-0.4, -0.2) is 343 Å². The lowest BCUT2D eigenvalue weighted by Gasteiger charge is -2.42. The Labute approximate surface area is 860 Å². The Bertz CT molecular complexity index is 5960. The first kappa shape index (κ1) is 115. The number of fused-ring (bicyclic) bond motifs is 1. The molecule has 0 aliphatic carbocycles. The zero-order valence-corrected chi connectivity index (χ0v) is 85.7. The number of halogens is 2. The number of methoxy groups -OCH3 is 2. The average Bonchev–Trinajstić information content (AvgIpc) is 1.59. The van der Waals surface area contributed by atoms with Crippen molar-refractivity contribution >= 4 is 96.6 Å². The van der Waals surface area contributed by atoms with E-state index in [2.05, 4.69) is 53.5 Å². The summed E-state index contributed by atoms with van der Waals surface area (Å²) in [4.78, 5) is 130. The van der Waals surface area contributed by atoms with Crippen LogP contribution < -0.4 is 50.7 Å². The Kier molecular flexibility index (Phi) is 46.3. The van der Waals surface area contributed by atoms with E-state index in [1.165, 1.54) is 47.2 Å². The van der Waals surface area contributed by atoms with Gasteiger partial charge >= 0.3 is 18.1 Å². The molecule has 8 N–H and O–H groups in total. The summed E-state index contributed by atoms with van der Waals surface area (Å²) in [6.07, 6.45) is 4.24. The number of amides is 8. The summed E-state index contributed by atoms with van der Waals surface area (Å²) in [7, 11) is 2.60. The number of benzene rings is 5. The maximum Gasteiger partial charge on any atom is 0.410 e. The van der Waals surface area contributed by atoms with Gasteiger partial charge in [-0.25, -0.2) is 43.4 Å². The van der Waals surface area contributed by atoms with Gasteiger partial charge in [-0.15, -0.1) is 16.4 Å². The summed E-state index contributed by atoms with van der Waals surface area (Å²) in [5.41, 5.74) is 10.0. The van der Waals surface area contributed by atoms with Crippen LogP contribution in [-0.2, 0) is 126 Å². The van der Waals surface area contributed by atoms with E-state index in [0.29, 0.717) is 218 Å². The molecule has 43 nitrogen and oxygen atoms in total. The predicted octanol–water partition coefficient (Wildman–Crippen LogP) is 8.71. The molecule has 147 heavy (non-hydrogen) atoms. The van der Waals surface area contributed by atoms with Gasteiger partial charge in [-0.3, -0.25) is 38.3 Å². The number of thiophene rings is 1. The lowest BCUT2D eigenvalue weighted by molar-refractivity contribution is -0.913. The Morgan fingerprint density at radius 1 is 0.667 bits per heavy atom. The number of carbonyl (C=O) groups excluding carboxylic acids is 7. The number of hydrogen-bond acceptors (Lipinski definition) is 33. The fourth-order valence-corrected chi connectivity index (χ4v) is 17.5. The second-order valence-electron chi connectivity index (χ2n) is 34.8. The molecule has 6 heterocycles. The van der Waals surface area contributed by atoms with E-state index in [-0.39, 0.29) is 132 Å². The summed E-state index contributed by atoms with van der Waals surface area (Å²) in [5, 5.41) is 30.9. The highest BCUT2D eigenvalue weighted by atomic mass is 35.5. The highest BCUT2D eigenvalue weighted by Crippen LogP contribution is 2.50. The Balaban J connectivity index is 0.812. The number of anilines is 1. The molecule has 796 valence electrons. The van der Waals surface area contributed by atoms with Crippen molar-refractivity contribution in [2.45, 2.75) is 104 Å². The molecule has 2 aliphatic rings. The third kappa shape index (κ3) is 37.0. The normalized spacial score (nSPS) is 13.7. The highest BCUT2D eigenvalue weighted by molar-refractivity contribution is 7.85. The van der Waals surface area contributed by atoms with Crippen molar-refractivity contribution in [3.63, 3.8) is 0 Å². The van der Waals surface area contributed by atoms with Crippen molar-refractivity contribution in [3.05, 3.63) is 178 Å². The molecule has 0 radical (unpaired) electrons. The van der Waals surface area contributed by atoms with Gasteiger partial charge in [0.1, 0.15) is 72.6 Å². The molecule has 0 bridgehead atoms. The van der Waals surface area contributed by atoms with E-state index in [4.69, 9.17) is 98.4 Å². The number of nitrogens with two attached hydrogens (primary N) is 1. The fraction of sp³-hybridized carbons (Fsp3) is 0.480. The minimum Gasteiger partial charge on any atom is -0.496 e. The Morgan fingerprint density at radius 3 is 1.99 bits per heavy atom. The minimum absolute atomic E-state index is 0.00502. The molecule has 4 aromatic heterocycles. The number of carboxylic acids is 1. The molecule has 8 amide bonds. The topological polar surface area (TPSA) is 516 Å². The van der Waals surface area contributed by atoms with Crippen LogP contribution in [0, 0.1) is 18.7 Å². The fourth-order valence-electron chi connectivity index (χ4n) is 15.6. The maximum atomic E-state index is 17.0. The lowest BCUT2D eigenvalue weighted by Crippen LogP contribution is -2.58. The van der Waals surface area contributed by atoms with Gasteiger partial charge in [-0.2, -0.15) is 8.42 Å². The molecule has 5 aromatic carbocycles. The molecule has 0 saturated carbocycles. The number of aliphatic carboxylic acids is 1. The number of para-hydroxylation sites is 2. The van der Waals surface area contributed by atoms with Crippen LogP contribution in [0.2, 0.25) is 5.02 Å². The molecule has 3 atom stereocenters. The lowest BCUT2D eigenvalue weighted by atomic mass is 9.95. The molecule has 47 heteroatoms. The largest absolute Gasteiger partial charge is 0.496 e. The van der Waals surface area contributed by atoms with Crippen LogP contribution in [0.15, 0.2) is 134 Å². The van der Waals surface area contributed by atoms with Gasteiger partial charge in [-0.05, 0) is 114 Å². The molecule has 2 aliphatic heterocycles. The van der Waals surface area contributed by atoms with Crippen LogP contribution in [0.1, 0.15) is 73.2 Å². The average molecular weight is 2110 g/mol. The van der Waals surface area contributed by atoms with Crippen LogP contribution in [0.5, 0.6) is 28.9 Å². The van der Waals surface area contributed by atoms with Gasteiger partial charge < -0.3 is 113 Å². The molecule has 1 saturated heterocycles. The number of piperazine rings is 1. The molecule has 11 rings (SSSR count). The minimum atomic E-state index is -4.09. The Morgan fingerprint density at radius 2 is 1.32 bits per heavy atom. The SMILES string of the molecule is COCCOCCOCCOCCOCCOCCOCCOCCn1cc(COC(=O)N(C)Cc2cc(NC(=O)[C@H](CCCNC(N)=O)NC(=O)[C@@H](NC(=O)CCOCCN3C(=O)C=CC3=O)C(C)C)ccc2COc2cc(-c3sc4ncnc(O[C@H](Cc5ccccc5OCc5ccnc(-c6ccccc6OC)n5)C(=O)O)c4c3-c3ccc(OCCN4CC[N+](C)(CCCS(=O)(=O)O)CC4)c(Cl)c3C)ccc2F)nn1. The number of aromatic nitrogens is 7. The second-order valence-corrected chi connectivity index (χ2v) is 37.8. The van der Waals surface area contributed by atoms with Gasteiger partial charge in [0, 0.05) is 101 Å². The number of primary amides is 1. The van der Waals surface area contributed by atoms with Gasteiger partial charge in [0.05, 0.1) is 193 Å². The summed E-state index contributed by atoms with van der Waals surface area (Å²) < 4.78 is 138. The number of carbonyl (C=O) groups is 8. The van der Waals surface area contributed by atoms with Crippen molar-refractivity contribution < 1.29 is 136 Å². The highest BCUT2D eigenvalue weighted by Gasteiger charge is 2.35. The first-order valence-electron chi connectivity index (χ1n) is 48.1. The first-order chi connectivity index (χ1) is 70.9. The zero-order chi connectivity index (χ0) is 105. The van der Waals surface area contributed by atoms with Crippen LogP contribution in [0.3, 0.4) is 0 Å². The van der Waals surface area contributed by atoms with Crippen LogP contribution in [0.4, 0.5) is 19.7 Å². The van der Waals surface area contributed by atoms with E-state index in [0.717, 1.165) is 41.5 Å². The molecule has 0 unspecified atom stereocenters. The van der Waals surface area contributed by atoms with Crippen LogP contribution in [0.25, 0.3) is 43.2 Å². The number of hydrogen-bond donors (Lipinski definition) is 7. The summed E-state index contributed by atoms with van der Waals surface area (Å²) in [5.74, 6) is -4.73. The third-order valence-electron chi connectivity index (χ3n) is 23.6. The number of rotatable bonds is 67. The van der Waals surface area contributed by atoms with E-state index in [9.17, 15) is 56.4 Å². The summed E-state index contributed by atoms with van der Waals surface area (Å²) in [6.45, 7) is 14.6. The van der Waals surface area contributed by atoms with E-state index < -0.39 is 87.7 Å². The first-order valence-corrected chi connectivity index (χ1v) is 50.9. The van der Waals surface area contributed by atoms with Crippen molar-refractivity contribution in [1.29, 1.82) is 0 Å². The second kappa shape index (κ2) is 59.4. The van der Waals surface area contributed by atoms with Crippen molar-refractivity contribution in [3.8, 4) is 61.8 Å². The van der Waals surface area contributed by atoms with Crippen molar-refractivity contribution in [2.24, 2.45) is 11.7 Å². The Hall–Kier alpha value is -12.7. The zero-order valence-electron chi connectivity index (χ0n) is 83.3. The number of imide groups is 1. The summed E-state index contributed by atoms with van der Waals surface area (Å²) >= 11 is 8.57. The van der Waals surface area contributed by atoms with E-state index in [1.807, 2.05) is 18.2 Å². The standard InChI is InChI=1S/C100H128ClFN16O27S2/c1-67(2)91(111-85(119)28-39-133-41-35-117-86(120)25-26-87(117)121)95(123)110-79(16-12-29-105-99(103)126)94(122)109-73-21-19-71(72(58-73)61-114(4)100(127)144-65-75-62-116(113-112-75)34-40-134-45-46-136-49-50-138-53-54-140-56-55-139-52-51-137-48-47-135-44-43-131-6)63-142-83-60-70(20-23-78(83)102)92-88(76-22-24-82(90(101)68(76)3)141-42-33-115-31-37-118(5,38-32-115)36-13-57-147(128,129)130)89-96(106-66-107-97(89)146-92)145-84(98(124)125)59-69-14-8-10-17-80(69)143-64-74-27-30-104-93(108-74)77-15-9-11-18-81(77)132-7/h8-11,14-15,17-27,30,58,60,62,66-67,79,84,91H,12-13,16,28-29,31-57,59,61,63-65H2,1-7H3,(H7-,103,105,109,110,111,119,122,123,124,125,126,128,129,130)/p+1/t79-,84+,91-/m0/s1. The molecular formula is C100H129ClFN16O27S2+. The van der Waals surface area contributed by atoms with E-state index >= 15 is 4.39 Å². The molecular weight excluding hydrogens is 1980 g/mol. The predicted molar refractivity (Wildman–Crippen MR) is 538 cm³/mol. The monoisotopic (exact) mass is 2100 g/mol. The van der Waals surface area contributed by atoms with E-state index in [1.54, 1.807) is 108 Å². The van der Waals surface area contributed by atoms with Crippen molar-refractivity contribution in [2.75, 3.05) is 211 Å². The molecule has 9 aromatic rings. The number of nitrogens with zero attached hydrogens (tertiary/aromatic N) is 11. The number of likely N-dealkylation sites (N-methyl/N-ethyl adjacent to an activating group) is 1. The van der Waals surface area contributed by atoms with Gasteiger partial charge in [-0.1, -0.05) is 79.2 Å².